The van der Waals surface area contributed by atoms with Gasteiger partial charge in [-0.2, -0.15) is 0 Å². The molecule has 0 fully saturated rings. The highest BCUT2D eigenvalue weighted by Gasteiger charge is 1.95. The summed E-state index contributed by atoms with van der Waals surface area (Å²) in [5, 5.41) is 2.97. The van der Waals surface area contributed by atoms with Gasteiger partial charge >= 0.3 is 0 Å². The zero-order valence-electron chi connectivity index (χ0n) is 5.68. The van der Waals surface area contributed by atoms with Gasteiger partial charge in [-0.3, -0.25) is 0 Å². The van der Waals surface area contributed by atoms with E-state index >= 15 is 0 Å². The van der Waals surface area contributed by atoms with Crippen molar-refractivity contribution < 1.29 is 0 Å². The third-order valence-electron chi connectivity index (χ3n) is 1.26. The van der Waals surface area contributed by atoms with Crippen molar-refractivity contribution in [3.05, 3.63) is 12.4 Å². The van der Waals surface area contributed by atoms with Gasteiger partial charge in [-0.15, -0.1) is 0 Å². The van der Waals surface area contributed by atoms with Gasteiger partial charge in [0.05, 0.1) is 11.4 Å². The van der Waals surface area contributed by atoms with Crippen molar-refractivity contribution in [3.8, 4) is 0 Å². The molecule has 0 unspecified atom stereocenters. The minimum atomic E-state index is 0.792. The molecule has 50 valence electrons. The molecule has 0 saturated heterocycles. The van der Waals surface area contributed by atoms with Crippen LogP contribution in [0.4, 0.5) is 11.4 Å². The number of nitrogens with one attached hydrogen (secondary N) is 1. The summed E-state index contributed by atoms with van der Waals surface area (Å²) >= 11 is 0. The number of anilines is 2. The van der Waals surface area contributed by atoms with Crippen LogP contribution in [0.2, 0.25) is 0 Å². The first-order valence-electron chi connectivity index (χ1n) is 2.83. The minimum Gasteiger partial charge on any atom is -0.396 e. The Balaban J connectivity index is 3.01. The summed E-state index contributed by atoms with van der Waals surface area (Å²) < 4.78 is 1.92. The van der Waals surface area contributed by atoms with Crippen LogP contribution < -0.4 is 11.1 Å². The van der Waals surface area contributed by atoms with E-state index in [2.05, 4.69) is 5.32 Å². The van der Waals surface area contributed by atoms with E-state index in [1.165, 1.54) is 0 Å². The lowest BCUT2D eigenvalue weighted by Gasteiger charge is -1.92. The molecule has 0 atom stereocenters. The summed E-state index contributed by atoms with van der Waals surface area (Å²) in [6.45, 7) is 0. The summed E-state index contributed by atoms with van der Waals surface area (Å²) in [5.41, 5.74) is 7.34. The molecule has 3 heteroatoms. The molecule has 9 heavy (non-hydrogen) atoms. The predicted octanol–water partition coefficient (Wildman–Crippen LogP) is 0.649. The van der Waals surface area contributed by atoms with Crippen LogP contribution in [0.25, 0.3) is 0 Å². The standard InChI is InChI=1S/C6H11N3/c1-8-6-4-9(2)3-5(6)7/h3-4,8H,7H2,1-2H3. The zero-order valence-corrected chi connectivity index (χ0v) is 5.68. The van der Waals surface area contributed by atoms with Gasteiger partial charge in [-0.05, 0) is 0 Å². The van der Waals surface area contributed by atoms with Crippen LogP contribution in [0.3, 0.4) is 0 Å². The Kier molecular flexibility index (Phi) is 1.34. The van der Waals surface area contributed by atoms with Crippen molar-refractivity contribution in [3.63, 3.8) is 0 Å². The summed E-state index contributed by atoms with van der Waals surface area (Å²) in [7, 11) is 3.79. The molecule has 1 aromatic heterocycles. The molecule has 1 rings (SSSR count). The summed E-state index contributed by atoms with van der Waals surface area (Å²) in [4.78, 5) is 0. The van der Waals surface area contributed by atoms with E-state index in [1.807, 2.05) is 31.1 Å². The summed E-state index contributed by atoms with van der Waals surface area (Å²) in [6, 6.07) is 0. The van der Waals surface area contributed by atoms with Crippen molar-refractivity contribution in [1.29, 1.82) is 0 Å². The predicted molar refractivity (Wildman–Crippen MR) is 39.4 cm³/mol. The van der Waals surface area contributed by atoms with Gasteiger partial charge in [0.1, 0.15) is 0 Å². The molecular formula is C6H11N3. The fourth-order valence-electron chi connectivity index (χ4n) is 0.813. The topological polar surface area (TPSA) is 43.0 Å². The lowest BCUT2D eigenvalue weighted by Crippen LogP contribution is -1.89. The Labute approximate surface area is 54.5 Å². The van der Waals surface area contributed by atoms with Crippen molar-refractivity contribution in [2.24, 2.45) is 7.05 Å². The quantitative estimate of drug-likeness (QED) is 0.578. The monoisotopic (exact) mass is 125 g/mol. The van der Waals surface area contributed by atoms with Crippen LogP contribution >= 0.6 is 0 Å². The molecule has 0 spiro atoms. The van der Waals surface area contributed by atoms with E-state index in [9.17, 15) is 0 Å². The van der Waals surface area contributed by atoms with Gasteiger partial charge in [-0.1, -0.05) is 0 Å². The lowest BCUT2D eigenvalue weighted by molar-refractivity contribution is 0.929. The first-order chi connectivity index (χ1) is 4.24. The molecule has 0 aliphatic heterocycles. The van der Waals surface area contributed by atoms with Crippen LogP contribution in [0.5, 0.6) is 0 Å². The van der Waals surface area contributed by atoms with Crippen LogP contribution in [-0.4, -0.2) is 11.6 Å². The third-order valence-corrected chi connectivity index (χ3v) is 1.26. The molecule has 3 nitrogen and oxygen atoms in total. The molecule has 1 heterocycles. The van der Waals surface area contributed by atoms with E-state index in [0.717, 1.165) is 11.4 Å². The number of nitrogens with two attached hydrogens (primary N) is 1. The second-order valence-corrected chi connectivity index (χ2v) is 2.04. The van der Waals surface area contributed by atoms with E-state index in [-0.39, 0.29) is 0 Å². The van der Waals surface area contributed by atoms with E-state index in [1.54, 1.807) is 0 Å². The number of aryl methyl sites for hydroxylation is 1. The average Bonchev–Trinajstić information content (AvgIpc) is 2.10. The number of nitrogen functional groups attached to an aromatic ring is 1. The number of rotatable bonds is 1. The van der Waals surface area contributed by atoms with E-state index < -0.39 is 0 Å². The van der Waals surface area contributed by atoms with Gasteiger partial charge in [-0.25, -0.2) is 0 Å². The molecule has 0 bridgehead atoms. The highest BCUT2D eigenvalue weighted by Crippen LogP contribution is 2.16. The van der Waals surface area contributed by atoms with Crippen molar-refractivity contribution in [2.45, 2.75) is 0 Å². The number of hydrogen-bond acceptors (Lipinski definition) is 2. The first-order valence-corrected chi connectivity index (χ1v) is 2.83. The van der Waals surface area contributed by atoms with Gasteiger partial charge in [0.2, 0.25) is 0 Å². The van der Waals surface area contributed by atoms with Gasteiger partial charge in [0.15, 0.2) is 0 Å². The van der Waals surface area contributed by atoms with E-state index in [4.69, 9.17) is 5.73 Å². The summed E-state index contributed by atoms with van der Waals surface area (Å²) in [6.07, 6.45) is 3.81. The maximum atomic E-state index is 5.57. The second-order valence-electron chi connectivity index (χ2n) is 2.04. The normalized spacial score (nSPS) is 9.56. The summed E-state index contributed by atoms with van der Waals surface area (Å²) in [5.74, 6) is 0. The maximum Gasteiger partial charge on any atom is 0.0751 e. The Hall–Kier alpha value is -1.12. The second kappa shape index (κ2) is 2.01. The minimum absolute atomic E-state index is 0.792. The smallest absolute Gasteiger partial charge is 0.0751 e. The lowest BCUT2D eigenvalue weighted by atomic mass is 10.5. The molecule has 3 N–H and O–H groups in total. The molecule has 0 aliphatic rings. The first kappa shape index (κ1) is 6.01. The molecule has 0 aliphatic carbocycles. The highest BCUT2D eigenvalue weighted by molar-refractivity contribution is 5.64. The number of hydrogen-bond donors (Lipinski definition) is 2. The Morgan fingerprint density at radius 3 is 2.44 bits per heavy atom. The van der Waals surface area contributed by atoms with E-state index in [0.29, 0.717) is 0 Å². The molecule has 0 radical (unpaired) electrons. The zero-order chi connectivity index (χ0) is 6.85. The van der Waals surface area contributed by atoms with Gasteiger partial charge in [0, 0.05) is 26.5 Å². The SMILES string of the molecule is CNc1cn(C)cc1N. The Morgan fingerprint density at radius 2 is 2.22 bits per heavy atom. The van der Waals surface area contributed by atoms with Gasteiger partial charge < -0.3 is 15.6 Å². The maximum absolute atomic E-state index is 5.57. The highest BCUT2D eigenvalue weighted by atomic mass is 15.0. The largest absolute Gasteiger partial charge is 0.396 e. The molecular weight excluding hydrogens is 114 g/mol. The Bertz CT molecular complexity index is 202. The van der Waals surface area contributed by atoms with Crippen LogP contribution in [-0.2, 0) is 7.05 Å². The number of nitrogens with zero attached hydrogens (tertiary/aromatic N) is 1. The van der Waals surface area contributed by atoms with Crippen LogP contribution in [0.15, 0.2) is 12.4 Å². The molecule has 0 amide bonds. The van der Waals surface area contributed by atoms with Crippen molar-refractivity contribution in [2.75, 3.05) is 18.1 Å². The van der Waals surface area contributed by atoms with Crippen LogP contribution in [0.1, 0.15) is 0 Å². The third kappa shape index (κ3) is 0.988. The van der Waals surface area contributed by atoms with Crippen LogP contribution in [0, 0.1) is 0 Å². The molecule has 0 aromatic carbocycles. The average molecular weight is 125 g/mol. The van der Waals surface area contributed by atoms with Gasteiger partial charge in [0.25, 0.3) is 0 Å². The number of aromatic nitrogens is 1. The fraction of sp³-hybridized carbons (Fsp3) is 0.333. The fourth-order valence-corrected chi connectivity index (χ4v) is 0.813. The molecule has 1 aromatic rings. The Morgan fingerprint density at radius 1 is 1.56 bits per heavy atom. The van der Waals surface area contributed by atoms with Crippen molar-refractivity contribution >= 4 is 11.4 Å². The van der Waals surface area contributed by atoms with Crippen molar-refractivity contribution in [1.82, 2.24) is 4.57 Å². The molecule has 0 saturated carbocycles.